The van der Waals surface area contributed by atoms with Gasteiger partial charge in [-0.1, -0.05) is 0 Å². The number of carbonyl (C=O) groups is 1. The Bertz CT molecular complexity index is 481. The van der Waals surface area contributed by atoms with Gasteiger partial charge in [-0.25, -0.2) is 4.39 Å². The van der Waals surface area contributed by atoms with Crippen LogP contribution in [0.2, 0.25) is 0 Å². The first kappa shape index (κ1) is 13.3. The van der Waals surface area contributed by atoms with Crippen molar-refractivity contribution in [2.75, 3.05) is 13.7 Å². The number of rotatable bonds is 3. The predicted octanol–water partition coefficient (Wildman–Crippen LogP) is 2.33. The molecular formula is C12H13BrFNO3. The van der Waals surface area contributed by atoms with Crippen molar-refractivity contribution in [2.45, 2.75) is 12.5 Å². The summed E-state index contributed by atoms with van der Waals surface area (Å²) in [4.78, 5) is 10.9. The standard InChI is InChI=1S/C12H13BrFNO3/c1-18-11-4-9(14)8(13)3-7(11)10-2-6(5-15-10)12(16)17/h3-4,6,10,15H,2,5H2,1H3,(H,16,17). The number of hydrogen-bond acceptors (Lipinski definition) is 3. The number of methoxy groups -OCH3 is 1. The van der Waals surface area contributed by atoms with E-state index in [1.54, 1.807) is 6.07 Å². The molecule has 1 heterocycles. The van der Waals surface area contributed by atoms with E-state index in [9.17, 15) is 9.18 Å². The summed E-state index contributed by atoms with van der Waals surface area (Å²) in [6.07, 6.45) is 0.476. The van der Waals surface area contributed by atoms with Crippen LogP contribution in [0, 0.1) is 11.7 Å². The maximum absolute atomic E-state index is 13.4. The third-order valence-electron chi connectivity index (χ3n) is 3.13. The molecule has 2 N–H and O–H groups in total. The lowest BCUT2D eigenvalue weighted by molar-refractivity contribution is -0.141. The molecule has 1 aliphatic rings. The van der Waals surface area contributed by atoms with Crippen LogP contribution in [-0.2, 0) is 4.79 Å². The molecule has 0 radical (unpaired) electrons. The number of carboxylic acids is 1. The van der Waals surface area contributed by atoms with E-state index in [1.807, 2.05) is 0 Å². The Morgan fingerprint density at radius 2 is 2.33 bits per heavy atom. The van der Waals surface area contributed by atoms with E-state index in [-0.39, 0.29) is 6.04 Å². The highest BCUT2D eigenvalue weighted by molar-refractivity contribution is 9.10. The smallest absolute Gasteiger partial charge is 0.307 e. The molecule has 18 heavy (non-hydrogen) atoms. The van der Waals surface area contributed by atoms with Gasteiger partial charge in [-0.3, -0.25) is 4.79 Å². The summed E-state index contributed by atoms with van der Waals surface area (Å²) in [5.41, 5.74) is 0.773. The summed E-state index contributed by atoms with van der Waals surface area (Å²) < 4.78 is 18.9. The minimum atomic E-state index is -0.815. The topological polar surface area (TPSA) is 58.6 Å². The Morgan fingerprint density at radius 3 is 2.89 bits per heavy atom. The zero-order valence-electron chi connectivity index (χ0n) is 9.74. The number of ether oxygens (including phenoxy) is 1. The Hall–Kier alpha value is -1.14. The molecule has 0 aromatic heterocycles. The summed E-state index contributed by atoms with van der Waals surface area (Å²) in [6, 6.07) is 2.81. The second-order valence-electron chi connectivity index (χ2n) is 4.24. The Balaban J connectivity index is 2.29. The molecular weight excluding hydrogens is 305 g/mol. The number of hydrogen-bond donors (Lipinski definition) is 2. The van der Waals surface area contributed by atoms with E-state index in [4.69, 9.17) is 9.84 Å². The molecule has 2 rings (SSSR count). The van der Waals surface area contributed by atoms with Crippen LogP contribution in [-0.4, -0.2) is 24.7 Å². The normalized spacial score (nSPS) is 23.1. The molecule has 1 aliphatic heterocycles. The van der Waals surface area contributed by atoms with E-state index >= 15 is 0 Å². The molecule has 2 unspecified atom stereocenters. The Labute approximate surface area is 112 Å². The molecule has 1 aromatic carbocycles. The van der Waals surface area contributed by atoms with E-state index < -0.39 is 17.7 Å². The van der Waals surface area contributed by atoms with Gasteiger partial charge in [0.05, 0.1) is 17.5 Å². The third-order valence-corrected chi connectivity index (χ3v) is 3.74. The summed E-state index contributed by atoms with van der Waals surface area (Å²) in [5, 5.41) is 12.1. The zero-order valence-corrected chi connectivity index (χ0v) is 11.3. The lowest BCUT2D eigenvalue weighted by Crippen LogP contribution is -2.17. The molecule has 0 aliphatic carbocycles. The number of carboxylic acid groups (broad SMARTS) is 1. The quantitative estimate of drug-likeness (QED) is 0.898. The lowest BCUT2D eigenvalue weighted by Gasteiger charge is -2.15. The van der Waals surface area contributed by atoms with Gasteiger partial charge in [0, 0.05) is 24.2 Å². The lowest BCUT2D eigenvalue weighted by atomic mass is 9.99. The van der Waals surface area contributed by atoms with Crippen molar-refractivity contribution in [3.8, 4) is 5.75 Å². The number of nitrogens with one attached hydrogen (secondary N) is 1. The van der Waals surface area contributed by atoms with Crippen molar-refractivity contribution < 1.29 is 19.0 Å². The fourth-order valence-corrected chi connectivity index (χ4v) is 2.51. The van der Waals surface area contributed by atoms with Gasteiger partial charge in [0.25, 0.3) is 0 Å². The van der Waals surface area contributed by atoms with Crippen molar-refractivity contribution in [1.29, 1.82) is 0 Å². The van der Waals surface area contributed by atoms with Gasteiger partial charge in [-0.15, -0.1) is 0 Å². The average molecular weight is 318 g/mol. The molecule has 1 aromatic rings. The number of aliphatic carboxylic acids is 1. The second-order valence-corrected chi connectivity index (χ2v) is 5.09. The Kier molecular flexibility index (Phi) is 3.87. The van der Waals surface area contributed by atoms with Crippen LogP contribution in [0.25, 0.3) is 0 Å². The Morgan fingerprint density at radius 1 is 1.61 bits per heavy atom. The molecule has 4 nitrogen and oxygen atoms in total. The molecule has 6 heteroatoms. The molecule has 0 bridgehead atoms. The van der Waals surface area contributed by atoms with Crippen LogP contribution in [0.5, 0.6) is 5.75 Å². The molecule has 98 valence electrons. The van der Waals surface area contributed by atoms with Gasteiger partial charge in [0.1, 0.15) is 11.6 Å². The largest absolute Gasteiger partial charge is 0.496 e. The molecule has 2 atom stereocenters. The molecule has 0 amide bonds. The molecule has 1 saturated heterocycles. The summed E-state index contributed by atoms with van der Waals surface area (Å²) >= 11 is 3.13. The van der Waals surface area contributed by atoms with Crippen molar-refractivity contribution in [2.24, 2.45) is 5.92 Å². The van der Waals surface area contributed by atoms with E-state index in [1.165, 1.54) is 13.2 Å². The van der Waals surface area contributed by atoms with Gasteiger partial charge in [-0.05, 0) is 28.4 Å². The summed E-state index contributed by atoms with van der Waals surface area (Å²) in [7, 11) is 1.47. The van der Waals surface area contributed by atoms with E-state index in [2.05, 4.69) is 21.2 Å². The van der Waals surface area contributed by atoms with Crippen LogP contribution < -0.4 is 10.1 Å². The van der Waals surface area contributed by atoms with E-state index in [0.717, 1.165) is 5.56 Å². The van der Waals surface area contributed by atoms with Gasteiger partial charge in [0.15, 0.2) is 0 Å². The minimum Gasteiger partial charge on any atom is -0.496 e. The highest BCUT2D eigenvalue weighted by Crippen LogP contribution is 2.36. The fourth-order valence-electron chi connectivity index (χ4n) is 2.15. The average Bonchev–Trinajstić information content (AvgIpc) is 2.81. The maximum atomic E-state index is 13.4. The number of halogens is 2. The SMILES string of the molecule is COc1cc(F)c(Br)cc1C1CC(C(=O)O)CN1. The molecule has 0 saturated carbocycles. The summed E-state index contributed by atoms with van der Waals surface area (Å²) in [6.45, 7) is 0.415. The predicted molar refractivity (Wildman–Crippen MR) is 67.1 cm³/mol. The maximum Gasteiger partial charge on any atom is 0.307 e. The van der Waals surface area contributed by atoms with Gasteiger partial charge >= 0.3 is 5.97 Å². The van der Waals surface area contributed by atoms with Crippen LogP contribution in [0.15, 0.2) is 16.6 Å². The number of benzene rings is 1. The first-order valence-electron chi connectivity index (χ1n) is 5.52. The van der Waals surface area contributed by atoms with Gasteiger partial charge in [0.2, 0.25) is 0 Å². The van der Waals surface area contributed by atoms with Gasteiger partial charge < -0.3 is 15.2 Å². The first-order valence-corrected chi connectivity index (χ1v) is 6.31. The monoisotopic (exact) mass is 317 g/mol. The molecule has 1 fully saturated rings. The van der Waals surface area contributed by atoms with Crippen molar-refractivity contribution in [3.63, 3.8) is 0 Å². The van der Waals surface area contributed by atoms with Crippen LogP contribution in [0.1, 0.15) is 18.0 Å². The highest BCUT2D eigenvalue weighted by atomic mass is 79.9. The van der Waals surface area contributed by atoms with Crippen molar-refractivity contribution in [1.82, 2.24) is 5.32 Å². The fraction of sp³-hybridized carbons (Fsp3) is 0.417. The summed E-state index contributed by atoms with van der Waals surface area (Å²) in [5.74, 6) is -1.20. The van der Waals surface area contributed by atoms with Gasteiger partial charge in [-0.2, -0.15) is 0 Å². The zero-order chi connectivity index (χ0) is 13.3. The van der Waals surface area contributed by atoms with Crippen molar-refractivity contribution >= 4 is 21.9 Å². The third kappa shape index (κ3) is 2.49. The first-order chi connectivity index (χ1) is 8.52. The second kappa shape index (κ2) is 5.24. The molecule has 0 spiro atoms. The van der Waals surface area contributed by atoms with Crippen LogP contribution in [0.4, 0.5) is 4.39 Å². The van der Waals surface area contributed by atoms with Crippen molar-refractivity contribution in [3.05, 3.63) is 28.0 Å². The van der Waals surface area contributed by atoms with Crippen LogP contribution in [0.3, 0.4) is 0 Å². The van der Waals surface area contributed by atoms with Crippen LogP contribution >= 0.6 is 15.9 Å². The van der Waals surface area contributed by atoms with E-state index in [0.29, 0.717) is 23.2 Å². The minimum absolute atomic E-state index is 0.127. The highest BCUT2D eigenvalue weighted by Gasteiger charge is 2.32.